The Morgan fingerprint density at radius 3 is 2.54 bits per heavy atom. The maximum Gasteiger partial charge on any atom is 0.340 e. The largest absolute Gasteiger partial charge is 0.462 e. The molecule has 24 heavy (non-hydrogen) atoms. The molecule has 1 heterocycles. The van der Waals surface area contributed by atoms with Gasteiger partial charge >= 0.3 is 5.97 Å². The molecule has 1 aliphatic heterocycles. The van der Waals surface area contributed by atoms with E-state index in [1.807, 2.05) is 49.1 Å². The molecule has 3 rings (SSSR count). The summed E-state index contributed by atoms with van der Waals surface area (Å²) in [4.78, 5) is 38.4. The fourth-order valence-corrected chi connectivity index (χ4v) is 3.60. The van der Waals surface area contributed by atoms with Gasteiger partial charge in [-0.2, -0.15) is 0 Å². The zero-order valence-corrected chi connectivity index (χ0v) is 14.0. The standard InChI is InChI=1S/C19H19NO4/c1-4-24-18(23)17-12(2)20(13-8-6-5-7-9-13)19(3)11-16(22)15(21)10-14(17)19/h5-10H,4,11H2,1-3H3. The van der Waals surface area contributed by atoms with Crippen molar-refractivity contribution in [2.75, 3.05) is 11.5 Å². The normalized spacial score (nSPS) is 23.3. The van der Waals surface area contributed by atoms with Crippen molar-refractivity contribution in [1.29, 1.82) is 0 Å². The number of allylic oxidation sites excluding steroid dienone is 2. The second-order valence-electron chi connectivity index (χ2n) is 6.15. The summed E-state index contributed by atoms with van der Waals surface area (Å²) < 4.78 is 5.18. The average molecular weight is 325 g/mol. The number of anilines is 1. The zero-order valence-electron chi connectivity index (χ0n) is 14.0. The molecule has 1 unspecified atom stereocenters. The van der Waals surface area contributed by atoms with Crippen LogP contribution in [0.1, 0.15) is 27.2 Å². The molecule has 5 heteroatoms. The van der Waals surface area contributed by atoms with Crippen LogP contribution in [-0.2, 0) is 19.1 Å². The van der Waals surface area contributed by atoms with Crippen molar-refractivity contribution < 1.29 is 19.1 Å². The topological polar surface area (TPSA) is 63.7 Å². The van der Waals surface area contributed by atoms with E-state index in [0.29, 0.717) is 16.8 Å². The van der Waals surface area contributed by atoms with Crippen molar-refractivity contribution in [2.45, 2.75) is 32.7 Å². The first-order chi connectivity index (χ1) is 11.4. The number of carbonyl (C=O) groups is 3. The molecule has 0 saturated heterocycles. The summed E-state index contributed by atoms with van der Waals surface area (Å²) in [6.45, 7) is 5.68. The molecular formula is C19H19NO4. The van der Waals surface area contributed by atoms with Crippen LogP contribution < -0.4 is 4.90 Å². The monoisotopic (exact) mass is 325 g/mol. The van der Waals surface area contributed by atoms with Crippen molar-refractivity contribution in [3.05, 3.63) is 53.3 Å². The van der Waals surface area contributed by atoms with Gasteiger partial charge < -0.3 is 9.64 Å². The minimum absolute atomic E-state index is 0.0345. The molecule has 0 saturated carbocycles. The molecule has 124 valence electrons. The Morgan fingerprint density at radius 2 is 1.92 bits per heavy atom. The third-order valence-electron chi connectivity index (χ3n) is 4.59. The van der Waals surface area contributed by atoms with Crippen molar-refractivity contribution in [3.8, 4) is 0 Å². The number of esters is 1. The summed E-state index contributed by atoms with van der Waals surface area (Å²) in [6.07, 6.45) is 1.33. The number of rotatable bonds is 3. The van der Waals surface area contributed by atoms with E-state index in [1.54, 1.807) is 6.92 Å². The van der Waals surface area contributed by atoms with Gasteiger partial charge in [0.1, 0.15) is 0 Å². The molecule has 0 radical (unpaired) electrons. The molecule has 1 atom stereocenters. The van der Waals surface area contributed by atoms with Gasteiger partial charge in [0.25, 0.3) is 0 Å². The van der Waals surface area contributed by atoms with Gasteiger partial charge in [0, 0.05) is 17.8 Å². The predicted octanol–water partition coefficient (Wildman–Crippen LogP) is 2.57. The summed E-state index contributed by atoms with van der Waals surface area (Å²) in [7, 11) is 0. The summed E-state index contributed by atoms with van der Waals surface area (Å²) in [6, 6.07) is 9.53. The van der Waals surface area contributed by atoms with Crippen LogP contribution in [0, 0.1) is 0 Å². The lowest BCUT2D eigenvalue weighted by Gasteiger charge is -2.40. The van der Waals surface area contributed by atoms with E-state index in [2.05, 4.69) is 0 Å². The molecule has 2 aliphatic rings. The van der Waals surface area contributed by atoms with E-state index in [4.69, 9.17) is 4.74 Å². The third-order valence-corrected chi connectivity index (χ3v) is 4.59. The van der Waals surface area contributed by atoms with E-state index in [1.165, 1.54) is 6.08 Å². The molecule has 0 aromatic heterocycles. The highest BCUT2D eigenvalue weighted by Crippen LogP contribution is 2.48. The number of hydrogen-bond donors (Lipinski definition) is 0. The summed E-state index contributed by atoms with van der Waals surface area (Å²) in [5, 5.41) is 0. The molecule has 1 aromatic carbocycles. The molecule has 1 aliphatic carbocycles. The number of para-hydroxylation sites is 1. The Hall–Kier alpha value is -2.69. The molecule has 5 nitrogen and oxygen atoms in total. The summed E-state index contributed by atoms with van der Waals surface area (Å²) in [5.41, 5.74) is 1.73. The second-order valence-corrected chi connectivity index (χ2v) is 6.15. The third kappa shape index (κ3) is 2.28. The summed E-state index contributed by atoms with van der Waals surface area (Å²) in [5.74, 6) is -1.47. The van der Waals surface area contributed by atoms with Gasteiger partial charge in [-0.1, -0.05) is 18.2 Å². The van der Waals surface area contributed by atoms with E-state index in [-0.39, 0.29) is 13.0 Å². The van der Waals surface area contributed by atoms with Crippen LogP contribution in [0.5, 0.6) is 0 Å². The highest BCUT2D eigenvalue weighted by molar-refractivity contribution is 6.43. The minimum Gasteiger partial charge on any atom is -0.462 e. The number of Topliss-reactive ketones (excluding diaryl/α,β-unsaturated/α-hetero) is 1. The van der Waals surface area contributed by atoms with E-state index >= 15 is 0 Å². The van der Waals surface area contributed by atoms with Crippen LogP contribution in [0.3, 0.4) is 0 Å². The quantitative estimate of drug-likeness (QED) is 0.631. The Kier molecular flexibility index (Phi) is 3.87. The van der Waals surface area contributed by atoms with Gasteiger partial charge in [0.15, 0.2) is 0 Å². The maximum atomic E-state index is 12.5. The number of benzene rings is 1. The number of ether oxygens (including phenoxy) is 1. The number of fused-ring (bicyclic) bond motifs is 1. The molecule has 0 fully saturated rings. The van der Waals surface area contributed by atoms with Crippen LogP contribution in [0.4, 0.5) is 5.69 Å². The number of nitrogens with zero attached hydrogens (tertiary/aromatic N) is 1. The first kappa shape index (κ1) is 16.2. The lowest BCUT2D eigenvalue weighted by Crippen LogP contribution is -2.48. The van der Waals surface area contributed by atoms with Crippen LogP contribution in [0.25, 0.3) is 0 Å². The van der Waals surface area contributed by atoms with E-state index in [0.717, 1.165) is 5.69 Å². The lowest BCUT2D eigenvalue weighted by atomic mass is 9.78. The predicted molar refractivity (Wildman–Crippen MR) is 89.4 cm³/mol. The SMILES string of the molecule is CCOC(=O)C1=C(C)N(c2ccccc2)C2(C)CC(=O)C(=O)C=C12. The Balaban J connectivity index is 2.22. The van der Waals surface area contributed by atoms with E-state index in [9.17, 15) is 14.4 Å². The zero-order chi connectivity index (χ0) is 17.5. The molecule has 0 N–H and O–H groups in total. The highest BCUT2D eigenvalue weighted by Gasteiger charge is 2.51. The average Bonchev–Trinajstić information content (AvgIpc) is 2.75. The fraction of sp³-hybridized carbons (Fsp3) is 0.316. The minimum atomic E-state index is -0.765. The summed E-state index contributed by atoms with van der Waals surface area (Å²) >= 11 is 0. The Bertz CT molecular complexity index is 791. The Labute approximate surface area is 140 Å². The van der Waals surface area contributed by atoms with Crippen LogP contribution in [-0.4, -0.2) is 29.7 Å². The van der Waals surface area contributed by atoms with Crippen LogP contribution in [0.15, 0.2) is 53.3 Å². The first-order valence-electron chi connectivity index (χ1n) is 7.93. The van der Waals surface area contributed by atoms with Crippen molar-refractivity contribution in [1.82, 2.24) is 0 Å². The van der Waals surface area contributed by atoms with Gasteiger partial charge in [-0.25, -0.2) is 4.79 Å². The molecule has 0 amide bonds. The first-order valence-corrected chi connectivity index (χ1v) is 7.93. The van der Waals surface area contributed by atoms with Gasteiger partial charge in [0.2, 0.25) is 11.6 Å². The van der Waals surface area contributed by atoms with Gasteiger partial charge in [-0.05, 0) is 44.6 Å². The highest BCUT2D eigenvalue weighted by atomic mass is 16.5. The van der Waals surface area contributed by atoms with Gasteiger partial charge in [0.05, 0.1) is 17.7 Å². The number of carbonyl (C=O) groups excluding carboxylic acids is 3. The van der Waals surface area contributed by atoms with E-state index < -0.39 is 23.1 Å². The molecule has 0 spiro atoms. The molecule has 1 aromatic rings. The number of ketones is 2. The molecular weight excluding hydrogens is 306 g/mol. The maximum absolute atomic E-state index is 12.5. The van der Waals surface area contributed by atoms with Gasteiger partial charge in [-0.15, -0.1) is 0 Å². The Morgan fingerprint density at radius 1 is 1.25 bits per heavy atom. The second kappa shape index (κ2) is 5.74. The number of hydrogen-bond acceptors (Lipinski definition) is 5. The van der Waals surface area contributed by atoms with Crippen LogP contribution >= 0.6 is 0 Å². The van der Waals surface area contributed by atoms with Crippen LogP contribution in [0.2, 0.25) is 0 Å². The smallest absolute Gasteiger partial charge is 0.340 e. The van der Waals surface area contributed by atoms with Gasteiger partial charge in [-0.3, -0.25) is 9.59 Å². The lowest BCUT2D eigenvalue weighted by molar-refractivity contribution is -0.138. The molecule has 0 bridgehead atoms. The van der Waals surface area contributed by atoms with Crippen molar-refractivity contribution in [2.24, 2.45) is 0 Å². The fourth-order valence-electron chi connectivity index (χ4n) is 3.60. The van der Waals surface area contributed by atoms with Crippen molar-refractivity contribution in [3.63, 3.8) is 0 Å². The van der Waals surface area contributed by atoms with Crippen molar-refractivity contribution >= 4 is 23.2 Å².